The van der Waals surface area contributed by atoms with E-state index in [0.29, 0.717) is 0 Å². The SMILES string of the molecule is c1ccc2cc(-c3ccc4c(-c5cc6ccccc6c6ccccc56)cc5c6ccccc6c(-c6ccc7ccccc7c6)cc5c4c3)ccc2c1. The number of fused-ring (bicyclic) bond motifs is 10. The predicted octanol–water partition coefficient (Wildman–Crippen LogP) is 14.8. The summed E-state index contributed by atoms with van der Waals surface area (Å²) in [4.78, 5) is 0. The van der Waals surface area contributed by atoms with Crippen molar-refractivity contribution in [2.24, 2.45) is 0 Å². The van der Waals surface area contributed by atoms with Gasteiger partial charge in [-0.05, 0) is 145 Å². The molecule has 0 spiro atoms. The molecule has 0 aliphatic heterocycles. The highest BCUT2D eigenvalue weighted by Crippen LogP contribution is 2.45. The Hall–Kier alpha value is -6.76. The molecule has 0 aliphatic carbocycles. The molecule has 0 saturated heterocycles. The van der Waals surface area contributed by atoms with Crippen molar-refractivity contribution in [3.63, 3.8) is 0 Å². The summed E-state index contributed by atoms with van der Waals surface area (Å²) in [7, 11) is 0. The quantitative estimate of drug-likeness (QED) is 0.166. The maximum absolute atomic E-state index is 2.47. The van der Waals surface area contributed by atoms with E-state index >= 15 is 0 Å². The van der Waals surface area contributed by atoms with E-state index in [1.54, 1.807) is 0 Å². The lowest BCUT2D eigenvalue weighted by Gasteiger charge is -2.19. The van der Waals surface area contributed by atoms with Gasteiger partial charge < -0.3 is 0 Å². The highest BCUT2D eigenvalue weighted by molar-refractivity contribution is 6.26. The second-order valence-corrected chi connectivity index (χ2v) is 14.1. The molecule has 0 heterocycles. The van der Waals surface area contributed by atoms with E-state index in [0.717, 1.165) is 0 Å². The van der Waals surface area contributed by atoms with Gasteiger partial charge in [-0.15, -0.1) is 0 Å². The van der Waals surface area contributed by atoms with Crippen molar-refractivity contribution in [1.29, 1.82) is 0 Å². The van der Waals surface area contributed by atoms with Crippen molar-refractivity contribution >= 4 is 75.4 Å². The standard InChI is InChI=1S/C52H32/c1-3-13-35-27-37(23-21-33(35)11-1)38-25-26-46-48(29-38)52-31-47(40-24-22-34-12-2-4-14-36(34)28-40)43-18-8-10-20-45(43)50(52)32-51(46)49-30-39-15-5-6-16-41(39)42-17-7-9-19-44(42)49/h1-32H. The average Bonchev–Trinajstić information content (AvgIpc) is 3.22. The lowest BCUT2D eigenvalue weighted by atomic mass is 9.85. The first kappa shape index (κ1) is 29.0. The zero-order valence-electron chi connectivity index (χ0n) is 28.5. The Morgan fingerprint density at radius 2 is 0.577 bits per heavy atom. The van der Waals surface area contributed by atoms with Gasteiger partial charge in [0.25, 0.3) is 0 Å². The van der Waals surface area contributed by atoms with Gasteiger partial charge in [0.1, 0.15) is 0 Å². The molecule has 11 rings (SSSR count). The van der Waals surface area contributed by atoms with Gasteiger partial charge in [-0.25, -0.2) is 0 Å². The summed E-state index contributed by atoms with van der Waals surface area (Å²) >= 11 is 0. The van der Waals surface area contributed by atoms with Crippen molar-refractivity contribution in [3.05, 3.63) is 194 Å². The molecule has 0 atom stereocenters. The van der Waals surface area contributed by atoms with Gasteiger partial charge in [0.15, 0.2) is 0 Å². The maximum Gasteiger partial charge on any atom is -0.00921 e. The van der Waals surface area contributed by atoms with Crippen LogP contribution in [0.1, 0.15) is 0 Å². The fourth-order valence-corrected chi connectivity index (χ4v) is 8.64. The molecule has 0 nitrogen and oxygen atoms in total. The topological polar surface area (TPSA) is 0 Å². The minimum absolute atomic E-state index is 1.22. The first-order valence-electron chi connectivity index (χ1n) is 18.1. The Morgan fingerprint density at radius 3 is 1.29 bits per heavy atom. The molecule has 0 saturated carbocycles. The van der Waals surface area contributed by atoms with E-state index < -0.39 is 0 Å². The molecule has 0 fully saturated rings. The second kappa shape index (κ2) is 11.4. The summed E-state index contributed by atoms with van der Waals surface area (Å²) in [5, 5.41) is 17.7. The van der Waals surface area contributed by atoms with Crippen LogP contribution in [0.15, 0.2) is 194 Å². The normalized spacial score (nSPS) is 11.8. The van der Waals surface area contributed by atoms with E-state index in [1.165, 1.54) is 109 Å². The molecule has 0 N–H and O–H groups in total. The van der Waals surface area contributed by atoms with Crippen LogP contribution in [0, 0.1) is 0 Å². The van der Waals surface area contributed by atoms with Gasteiger partial charge >= 0.3 is 0 Å². The Morgan fingerprint density at radius 1 is 0.173 bits per heavy atom. The van der Waals surface area contributed by atoms with Crippen molar-refractivity contribution in [1.82, 2.24) is 0 Å². The Kier molecular flexibility index (Phi) is 6.35. The smallest absolute Gasteiger partial charge is 0.00921 e. The first-order chi connectivity index (χ1) is 25.8. The third-order valence-electron chi connectivity index (χ3n) is 11.2. The van der Waals surface area contributed by atoms with Crippen molar-refractivity contribution in [2.75, 3.05) is 0 Å². The summed E-state index contributed by atoms with van der Waals surface area (Å²) in [5.74, 6) is 0. The molecule has 0 heteroatoms. The Labute approximate surface area is 301 Å². The maximum atomic E-state index is 2.47. The zero-order chi connectivity index (χ0) is 34.2. The molecule has 0 amide bonds. The van der Waals surface area contributed by atoms with E-state index in [9.17, 15) is 0 Å². The minimum atomic E-state index is 1.22. The van der Waals surface area contributed by atoms with Gasteiger partial charge in [0.2, 0.25) is 0 Å². The monoisotopic (exact) mass is 656 g/mol. The lowest BCUT2D eigenvalue weighted by molar-refractivity contribution is 1.67. The Bertz CT molecular complexity index is 3240. The van der Waals surface area contributed by atoms with Crippen LogP contribution in [0.2, 0.25) is 0 Å². The largest absolute Gasteiger partial charge is 0.0616 e. The van der Waals surface area contributed by atoms with Gasteiger partial charge in [-0.1, -0.05) is 158 Å². The first-order valence-corrected chi connectivity index (χ1v) is 18.1. The molecule has 0 unspecified atom stereocenters. The van der Waals surface area contributed by atoms with Gasteiger partial charge in [-0.3, -0.25) is 0 Å². The molecule has 52 heavy (non-hydrogen) atoms. The molecule has 0 bridgehead atoms. The zero-order valence-corrected chi connectivity index (χ0v) is 28.5. The molecule has 0 radical (unpaired) electrons. The van der Waals surface area contributed by atoms with Gasteiger partial charge in [0.05, 0.1) is 0 Å². The van der Waals surface area contributed by atoms with Crippen LogP contribution in [-0.4, -0.2) is 0 Å². The summed E-state index contributed by atoms with van der Waals surface area (Å²) < 4.78 is 0. The van der Waals surface area contributed by atoms with Crippen LogP contribution >= 0.6 is 0 Å². The van der Waals surface area contributed by atoms with Crippen LogP contribution in [-0.2, 0) is 0 Å². The van der Waals surface area contributed by atoms with Crippen LogP contribution in [0.5, 0.6) is 0 Å². The van der Waals surface area contributed by atoms with Crippen molar-refractivity contribution < 1.29 is 0 Å². The van der Waals surface area contributed by atoms with Crippen molar-refractivity contribution in [2.45, 2.75) is 0 Å². The molecule has 0 aromatic heterocycles. The predicted molar refractivity (Wildman–Crippen MR) is 225 cm³/mol. The van der Waals surface area contributed by atoms with Gasteiger partial charge in [0, 0.05) is 0 Å². The summed E-state index contributed by atoms with van der Waals surface area (Å²) in [6.07, 6.45) is 0. The summed E-state index contributed by atoms with van der Waals surface area (Å²) in [5.41, 5.74) is 7.47. The Balaban J connectivity index is 1.27. The fourth-order valence-electron chi connectivity index (χ4n) is 8.64. The molecular formula is C52H32. The van der Waals surface area contributed by atoms with Gasteiger partial charge in [-0.2, -0.15) is 0 Å². The van der Waals surface area contributed by atoms with Crippen LogP contribution in [0.3, 0.4) is 0 Å². The third kappa shape index (κ3) is 4.48. The number of hydrogen-bond donors (Lipinski definition) is 0. The molecule has 0 aliphatic rings. The van der Waals surface area contributed by atoms with Crippen molar-refractivity contribution in [3.8, 4) is 33.4 Å². The number of rotatable bonds is 3. The number of benzene rings is 11. The second-order valence-electron chi connectivity index (χ2n) is 14.1. The number of hydrogen-bond acceptors (Lipinski definition) is 0. The molecule has 240 valence electrons. The average molecular weight is 657 g/mol. The summed E-state index contributed by atoms with van der Waals surface area (Å²) in [6, 6.07) is 72.1. The minimum Gasteiger partial charge on any atom is -0.0616 e. The van der Waals surface area contributed by atoms with Crippen LogP contribution in [0.4, 0.5) is 0 Å². The van der Waals surface area contributed by atoms with E-state index in [4.69, 9.17) is 0 Å². The third-order valence-corrected chi connectivity index (χ3v) is 11.2. The molecular weight excluding hydrogens is 625 g/mol. The fraction of sp³-hybridized carbons (Fsp3) is 0. The molecule has 11 aromatic rings. The van der Waals surface area contributed by atoms with Crippen LogP contribution < -0.4 is 0 Å². The van der Waals surface area contributed by atoms with E-state index in [-0.39, 0.29) is 0 Å². The van der Waals surface area contributed by atoms with E-state index in [1.807, 2.05) is 0 Å². The molecule has 11 aromatic carbocycles. The summed E-state index contributed by atoms with van der Waals surface area (Å²) in [6.45, 7) is 0. The van der Waals surface area contributed by atoms with E-state index in [2.05, 4.69) is 194 Å². The highest BCUT2D eigenvalue weighted by atomic mass is 14.2. The van der Waals surface area contributed by atoms with Crippen LogP contribution in [0.25, 0.3) is 109 Å². The lowest BCUT2D eigenvalue weighted by Crippen LogP contribution is -1.91. The highest BCUT2D eigenvalue weighted by Gasteiger charge is 2.18.